The van der Waals surface area contributed by atoms with E-state index in [2.05, 4.69) is 5.43 Å². The normalized spacial score (nSPS) is 20.2. The highest BCUT2D eigenvalue weighted by atomic mass is 16.7. The fraction of sp³-hybridized carbons (Fsp3) is 0.800. The average molecular weight is 146 g/mol. The minimum absolute atomic E-state index is 0.472. The summed E-state index contributed by atoms with van der Waals surface area (Å²) in [5, 5.41) is 9.16. The maximum atomic E-state index is 10.2. The monoisotopic (exact) mass is 146 g/mol. The third-order valence-electron chi connectivity index (χ3n) is 1.22. The summed E-state index contributed by atoms with van der Waals surface area (Å²) in [4.78, 5) is 15.0. The fourth-order valence-electron chi connectivity index (χ4n) is 0.732. The van der Waals surface area contributed by atoms with Gasteiger partial charge in [-0.15, -0.1) is 5.17 Å². The third-order valence-corrected chi connectivity index (χ3v) is 1.22. The quantitative estimate of drug-likeness (QED) is 0.512. The zero-order valence-electron chi connectivity index (χ0n) is 5.54. The molecule has 58 valence electrons. The number of rotatable bonds is 0. The summed E-state index contributed by atoms with van der Waals surface area (Å²) in [5.41, 5.74) is 2.59. The van der Waals surface area contributed by atoms with Gasteiger partial charge < -0.3 is 5.11 Å². The Kier molecular flexibility index (Phi) is 2.47. The maximum Gasteiger partial charge on any atom is 0.447 e. The van der Waals surface area contributed by atoms with E-state index in [4.69, 9.17) is 9.94 Å². The summed E-state index contributed by atoms with van der Waals surface area (Å²) >= 11 is 0. The molecule has 0 aromatic rings. The van der Waals surface area contributed by atoms with Gasteiger partial charge >= 0.3 is 6.09 Å². The van der Waals surface area contributed by atoms with Crippen molar-refractivity contribution in [2.75, 3.05) is 13.2 Å². The third kappa shape index (κ3) is 1.85. The molecule has 1 amide bonds. The van der Waals surface area contributed by atoms with E-state index in [0.29, 0.717) is 13.2 Å². The number of nitrogens with zero attached hydrogens (tertiary/aromatic N) is 1. The highest BCUT2D eigenvalue weighted by Crippen LogP contribution is 1.97. The first-order valence-corrected chi connectivity index (χ1v) is 3.20. The maximum absolute atomic E-state index is 10.2. The molecule has 1 fully saturated rings. The summed E-state index contributed by atoms with van der Waals surface area (Å²) in [7, 11) is 0. The van der Waals surface area contributed by atoms with Gasteiger partial charge in [0.25, 0.3) is 0 Å². The number of hydrogen-bond donors (Lipinski definition) is 2. The summed E-state index contributed by atoms with van der Waals surface area (Å²) in [6.07, 6.45) is 0.752. The van der Waals surface area contributed by atoms with Crippen molar-refractivity contribution >= 4 is 6.09 Å². The molecule has 0 aliphatic carbocycles. The second-order valence-electron chi connectivity index (χ2n) is 2.03. The molecule has 1 aliphatic heterocycles. The second kappa shape index (κ2) is 3.38. The molecular weight excluding hydrogens is 136 g/mol. The van der Waals surface area contributed by atoms with E-state index < -0.39 is 6.09 Å². The Bertz CT molecular complexity index is 120. The van der Waals surface area contributed by atoms with Crippen LogP contribution in [-0.4, -0.2) is 29.5 Å². The van der Waals surface area contributed by atoms with Crippen LogP contribution in [0.1, 0.15) is 12.8 Å². The highest BCUT2D eigenvalue weighted by molar-refractivity contribution is 5.62. The minimum Gasteiger partial charge on any atom is -0.462 e. The lowest BCUT2D eigenvalue weighted by atomic mass is 10.3. The molecule has 5 nitrogen and oxygen atoms in total. The minimum atomic E-state index is -1.10. The molecule has 0 aromatic carbocycles. The summed E-state index contributed by atoms with van der Waals surface area (Å²) in [6.45, 7) is 1.13. The second-order valence-corrected chi connectivity index (χ2v) is 2.03. The van der Waals surface area contributed by atoms with Crippen LogP contribution in [0.3, 0.4) is 0 Å². The van der Waals surface area contributed by atoms with Crippen molar-refractivity contribution < 1.29 is 14.7 Å². The lowest BCUT2D eigenvalue weighted by Crippen LogP contribution is -2.40. The van der Waals surface area contributed by atoms with E-state index in [-0.39, 0.29) is 0 Å². The molecule has 2 N–H and O–H groups in total. The Morgan fingerprint density at radius 3 is 3.10 bits per heavy atom. The molecule has 10 heavy (non-hydrogen) atoms. The number of hydrazine groups is 1. The van der Waals surface area contributed by atoms with Crippen molar-refractivity contribution in [2.24, 2.45) is 0 Å². The number of amides is 1. The lowest BCUT2D eigenvalue weighted by Gasteiger charge is -2.14. The van der Waals surface area contributed by atoms with Gasteiger partial charge in [-0.05, 0) is 12.8 Å². The number of carboxylic acid groups (broad SMARTS) is 1. The van der Waals surface area contributed by atoms with Gasteiger partial charge in [0, 0.05) is 6.54 Å². The van der Waals surface area contributed by atoms with E-state index in [9.17, 15) is 4.79 Å². The predicted octanol–water partition coefficient (Wildman–Crippen LogP) is 0.196. The van der Waals surface area contributed by atoms with E-state index in [1.807, 2.05) is 0 Å². The molecular formula is C5H10N2O3. The molecule has 1 heterocycles. The van der Waals surface area contributed by atoms with Crippen molar-refractivity contribution in [3.63, 3.8) is 0 Å². The van der Waals surface area contributed by atoms with Crippen molar-refractivity contribution in [2.45, 2.75) is 12.8 Å². The van der Waals surface area contributed by atoms with Crippen molar-refractivity contribution in [3.05, 3.63) is 0 Å². The SMILES string of the molecule is O=C(O)N1NCCCCO1. The topological polar surface area (TPSA) is 61.8 Å². The number of hydroxylamine groups is 1. The molecule has 0 bridgehead atoms. The number of nitrogens with one attached hydrogen (secondary N) is 1. The van der Waals surface area contributed by atoms with Crippen LogP contribution < -0.4 is 5.43 Å². The molecule has 1 saturated heterocycles. The Morgan fingerprint density at radius 2 is 2.40 bits per heavy atom. The zero-order chi connectivity index (χ0) is 7.40. The van der Waals surface area contributed by atoms with Gasteiger partial charge in [0.15, 0.2) is 0 Å². The Hall–Kier alpha value is -0.810. The van der Waals surface area contributed by atoms with Gasteiger partial charge in [-0.1, -0.05) is 0 Å². The van der Waals surface area contributed by atoms with Gasteiger partial charge in [-0.25, -0.2) is 10.2 Å². The molecule has 5 heteroatoms. The van der Waals surface area contributed by atoms with Crippen LogP contribution in [-0.2, 0) is 4.84 Å². The van der Waals surface area contributed by atoms with Crippen molar-refractivity contribution in [1.82, 2.24) is 10.6 Å². The Morgan fingerprint density at radius 1 is 1.60 bits per heavy atom. The smallest absolute Gasteiger partial charge is 0.447 e. The van der Waals surface area contributed by atoms with Gasteiger partial charge in [0.2, 0.25) is 0 Å². The molecule has 0 unspecified atom stereocenters. The van der Waals surface area contributed by atoms with Crippen LogP contribution in [0.15, 0.2) is 0 Å². The van der Waals surface area contributed by atoms with Crippen LogP contribution in [0.5, 0.6) is 0 Å². The molecule has 1 aliphatic rings. The van der Waals surface area contributed by atoms with Gasteiger partial charge in [0.1, 0.15) is 0 Å². The predicted molar refractivity (Wildman–Crippen MR) is 33.1 cm³/mol. The Labute approximate surface area is 58.5 Å². The summed E-state index contributed by atoms with van der Waals surface area (Å²) in [6, 6.07) is 0. The van der Waals surface area contributed by atoms with E-state index >= 15 is 0 Å². The van der Waals surface area contributed by atoms with Crippen LogP contribution >= 0.6 is 0 Å². The molecule has 0 aromatic heterocycles. The van der Waals surface area contributed by atoms with E-state index in [0.717, 1.165) is 18.0 Å². The van der Waals surface area contributed by atoms with Crippen LogP contribution in [0.25, 0.3) is 0 Å². The first-order valence-electron chi connectivity index (χ1n) is 3.20. The fourth-order valence-corrected chi connectivity index (χ4v) is 0.732. The van der Waals surface area contributed by atoms with E-state index in [1.165, 1.54) is 0 Å². The summed E-state index contributed by atoms with van der Waals surface area (Å²) in [5.74, 6) is 0. The largest absolute Gasteiger partial charge is 0.462 e. The molecule has 0 radical (unpaired) electrons. The standard InChI is InChI=1S/C5H10N2O3/c8-5(9)7-6-3-1-2-4-10-7/h6H,1-4H2,(H,8,9). The van der Waals surface area contributed by atoms with Crippen molar-refractivity contribution in [3.8, 4) is 0 Å². The lowest BCUT2D eigenvalue weighted by molar-refractivity contribution is -0.155. The van der Waals surface area contributed by atoms with E-state index in [1.54, 1.807) is 0 Å². The number of carbonyl (C=O) groups is 1. The van der Waals surface area contributed by atoms with Crippen LogP contribution in [0, 0.1) is 0 Å². The van der Waals surface area contributed by atoms with Gasteiger partial charge in [-0.2, -0.15) is 0 Å². The first kappa shape index (κ1) is 7.30. The molecule has 0 saturated carbocycles. The zero-order valence-corrected chi connectivity index (χ0v) is 5.54. The molecule has 1 rings (SSSR count). The average Bonchev–Trinajstić information content (AvgIpc) is 2.12. The number of hydrogen-bond acceptors (Lipinski definition) is 3. The van der Waals surface area contributed by atoms with Crippen LogP contribution in [0.4, 0.5) is 4.79 Å². The van der Waals surface area contributed by atoms with Crippen LogP contribution in [0.2, 0.25) is 0 Å². The van der Waals surface area contributed by atoms with Crippen molar-refractivity contribution in [1.29, 1.82) is 0 Å². The first-order chi connectivity index (χ1) is 4.80. The summed E-state index contributed by atoms with van der Waals surface area (Å²) < 4.78 is 0. The molecule has 0 atom stereocenters. The van der Waals surface area contributed by atoms with Gasteiger partial charge in [-0.3, -0.25) is 4.84 Å². The Balaban J connectivity index is 2.35. The van der Waals surface area contributed by atoms with Gasteiger partial charge in [0.05, 0.1) is 6.61 Å². The highest BCUT2D eigenvalue weighted by Gasteiger charge is 2.13. The molecule has 0 spiro atoms.